The Balaban J connectivity index is 1.17. The first-order valence-electron chi connectivity index (χ1n) is 14.5. The molecule has 1 N–H and O–H groups in total. The van der Waals surface area contributed by atoms with Crippen LogP contribution >= 0.6 is 11.6 Å². The molecule has 4 aromatic rings. The Kier molecular flexibility index (Phi) is 7.17. The second-order valence-electron chi connectivity index (χ2n) is 11.2. The van der Waals surface area contributed by atoms with Gasteiger partial charge >= 0.3 is 6.03 Å². The number of urea groups is 1. The second kappa shape index (κ2) is 11.3. The summed E-state index contributed by atoms with van der Waals surface area (Å²) in [6.45, 7) is 2.58. The minimum Gasteiger partial charge on any atom is -0.378 e. The maximum atomic E-state index is 13.8. The second-order valence-corrected chi connectivity index (χ2v) is 11.6. The van der Waals surface area contributed by atoms with Crippen LogP contribution in [0.25, 0.3) is 21.9 Å². The van der Waals surface area contributed by atoms with Gasteiger partial charge in [-0.15, -0.1) is 0 Å². The number of nitriles is 1. The molecule has 2 saturated heterocycles. The monoisotopic (exact) mass is 592 g/mol. The van der Waals surface area contributed by atoms with Crippen LogP contribution in [-0.4, -0.2) is 54.3 Å². The van der Waals surface area contributed by atoms with Gasteiger partial charge in [0.25, 0.3) is 0 Å². The van der Waals surface area contributed by atoms with E-state index in [1.165, 1.54) is 4.90 Å². The van der Waals surface area contributed by atoms with Crippen molar-refractivity contribution in [2.24, 2.45) is 5.92 Å². The molecule has 9 nitrogen and oxygen atoms in total. The number of aromatic nitrogens is 2. The molecular weight excluding hydrogens is 564 g/mol. The van der Waals surface area contributed by atoms with Crippen molar-refractivity contribution in [3.63, 3.8) is 0 Å². The number of rotatable bonds is 4. The first-order chi connectivity index (χ1) is 21.0. The lowest BCUT2D eigenvalue weighted by molar-refractivity contribution is -0.124. The average Bonchev–Trinajstić information content (AvgIpc) is 3.04. The van der Waals surface area contributed by atoms with Gasteiger partial charge < -0.3 is 15.0 Å². The van der Waals surface area contributed by atoms with Crippen molar-refractivity contribution in [1.82, 2.24) is 15.3 Å². The molecule has 7 rings (SSSR count). The Labute approximate surface area is 254 Å². The smallest absolute Gasteiger partial charge is 0.329 e. The van der Waals surface area contributed by atoms with Gasteiger partial charge in [0.2, 0.25) is 5.91 Å². The predicted octanol–water partition coefficient (Wildman–Crippen LogP) is 5.67. The Hall–Kier alpha value is -4.52. The van der Waals surface area contributed by atoms with Gasteiger partial charge in [-0.05, 0) is 48.4 Å². The van der Waals surface area contributed by atoms with Crippen LogP contribution in [0.5, 0.6) is 0 Å². The summed E-state index contributed by atoms with van der Waals surface area (Å²) in [5, 5.41) is 15.4. The number of imide groups is 1. The largest absolute Gasteiger partial charge is 0.378 e. The zero-order valence-electron chi connectivity index (χ0n) is 23.4. The van der Waals surface area contributed by atoms with Gasteiger partial charge in [0.15, 0.2) is 0 Å². The normalized spacial score (nSPS) is 22.2. The molecule has 0 radical (unpaired) electrons. The van der Waals surface area contributed by atoms with Crippen LogP contribution in [0.3, 0.4) is 0 Å². The van der Waals surface area contributed by atoms with Crippen molar-refractivity contribution in [3.05, 3.63) is 83.3 Å². The maximum absolute atomic E-state index is 13.8. The Morgan fingerprint density at radius 2 is 1.86 bits per heavy atom. The van der Waals surface area contributed by atoms with Crippen LogP contribution in [0.1, 0.15) is 36.3 Å². The van der Waals surface area contributed by atoms with Gasteiger partial charge in [-0.25, -0.2) is 14.7 Å². The van der Waals surface area contributed by atoms with Crippen LogP contribution in [-0.2, 0) is 9.53 Å². The highest BCUT2D eigenvalue weighted by molar-refractivity contribution is 6.32. The Morgan fingerprint density at radius 1 is 1.02 bits per heavy atom. The van der Waals surface area contributed by atoms with Gasteiger partial charge in [-0.2, -0.15) is 5.26 Å². The number of ether oxygens (including phenoxy) is 1. The fourth-order valence-electron chi connectivity index (χ4n) is 6.80. The molecule has 3 aliphatic rings. The zero-order chi connectivity index (χ0) is 29.5. The van der Waals surface area contributed by atoms with E-state index in [1.54, 1.807) is 18.6 Å². The van der Waals surface area contributed by atoms with Gasteiger partial charge in [0.1, 0.15) is 11.9 Å². The average molecular weight is 593 g/mol. The highest BCUT2D eigenvalue weighted by Crippen LogP contribution is 2.45. The van der Waals surface area contributed by atoms with E-state index >= 15 is 0 Å². The fraction of sp³-hybridized carbons (Fsp3) is 0.303. The first kappa shape index (κ1) is 27.3. The van der Waals surface area contributed by atoms with Crippen molar-refractivity contribution in [3.8, 4) is 17.2 Å². The van der Waals surface area contributed by atoms with Crippen molar-refractivity contribution >= 4 is 45.8 Å². The third-order valence-corrected chi connectivity index (χ3v) is 9.19. The van der Waals surface area contributed by atoms with E-state index in [4.69, 9.17) is 21.3 Å². The van der Waals surface area contributed by atoms with Crippen LogP contribution < -0.4 is 15.1 Å². The quantitative estimate of drug-likeness (QED) is 0.325. The number of morpholine rings is 1. The molecule has 2 aromatic heterocycles. The van der Waals surface area contributed by atoms with Gasteiger partial charge in [0.05, 0.1) is 36.6 Å². The van der Waals surface area contributed by atoms with Crippen molar-refractivity contribution in [1.29, 1.82) is 5.26 Å². The molecule has 2 aromatic carbocycles. The number of pyridine rings is 2. The minimum absolute atomic E-state index is 0.00766. The standard InChI is InChI=1S/C33H29ClN6O3/c34-27-7-3-6-25(23-14-22(16-35)31(37-18-23)39-10-12-43-13-11-39)30(27)20-8-9-26-28(15-20)38-33(42)40(32(26)41)29-19-36-17-21-4-1-2-5-24(21)29/h1-7,14,17-20,26,28H,8-13,15H2,(H,38,42). The molecule has 3 amide bonds. The highest BCUT2D eigenvalue weighted by Gasteiger charge is 2.46. The van der Waals surface area contributed by atoms with E-state index in [0.29, 0.717) is 61.2 Å². The van der Waals surface area contributed by atoms with E-state index in [9.17, 15) is 14.9 Å². The molecule has 10 heteroatoms. The number of carbonyl (C=O) groups excluding carboxylic acids is 2. The number of benzene rings is 2. The lowest BCUT2D eigenvalue weighted by Gasteiger charge is -2.43. The summed E-state index contributed by atoms with van der Waals surface area (Å²) >= 11 is 6.85. The predicted molar refractivity (Wildman–Crippen MR) is 164 cm³/mol. The molecule has 4 heterocycles. The van der Waals surface area contributed by atoms with Crippen molar-refractivity contribution in [2.75, 3.05) is 36.1 Å². The molecule has 2 aliphatic heterocycles. The first-order valence-corrected chi connectivity index (χ1v) is 14.9. The molecule has 3 unspecified atom stereocenters. The zero-order valence-corrected chi connectivity index (χ0v) is 24.1. The number of halogens is 1. The molecule has 3 atom stereocenters. The van der Waals surface area contributed by atoms with E-state index in [1.807, 2.05) is 48.5 Å². The summed E-state index contributed by atoms with van der Waals surface area (Å²) in [6, 6.07) is 16.8. The fourth-order valence-corrected chi connectivity index (χ4v) is 7.13. The molecule has 1 aliphatic carbocycles. The number of nitrogens with zero attached hydrogens (tertiary/aromatic N) is 5. The van der Waals surface area contributed by atoms with Crippen LogP contribution in [0.2, 0.25) is 5.02 Å². The van der Waals surface area contributed by atoms with Crippen LogP contribution in [0.15, 0.2) is 67.1 Å². The molecule has 3 fully saturated rings. The van der Waals surface area contributed by atoms with Gasteiger partial charge in [0, 0.05) is 52.9 Å². The summed E-state index contributed by atoms with van der Waals surface area (Å²) in [5.74, 6) is 0.117. The van der Waals surface area contributed by atoms with Crippen LogP contribution in [0.4, 0.5) is 16.3 Å². The molecule has 216 valence electrons. The van der Waals surface area contributed by atoms with E-state index in [-0.39, 0.29) is 23.8 Å². The van der Waals surface area contributed by atoms with Crippen molar-refractivity contribution in [2.45, 2.75) is 31.2 Å². The van der Waals surface area contributed by atoms with Gasteiger partial charge in [-0.1, -0.05) is 48.0 Å². The molecule has 0 spiro atoms. The molecular formula is C33H29ClN6O3. The lowest BCUT2D eigenvalue weighted by Crippen LogP contribution is -2.61. The van der Waals surface area contributed by atoms with E-state index in [0.717, 1.165) is 33.9 Å². The highest BCUT2D eigenvalue weighted by atomic mass is 35.5. The summed E-state index contributed by atoms with van der Waals surface area (Å²) in [5.41, 5.74) is 3.67. The number of nitrogens with one attached hydrogen (secondary N) is 1. The summed E-state index contributed by atoms with van der Waals surface area (Å²) in [6.07, 6.45) is 7.01. The number of hydrogen-bond acceptors (Lipinski definition) is 7. The summed E-state index contributed by atoms with van der Waals surface area (Å²) in [4.78, 5) is 39.5. The van der Waals surface area contributed by atoms with Gasteiger partial charge in [-0.3, -0.25) is 9.78 Å². The summed E-state index contributed by atoms with van der Waals surface area (Å²) in [7, 11) is 0. The third-order valence-electron chi connectivity index (χ3n) is 8.86. The number of anilines is 2. The van der Waals surface area contributed by atoms with Crippen LogP contribution in [0, 0.1) is 17.2 Å². The van der Waals surface area contributed by atoms with E-state index < -0.39 is 6.03 Å². The summed E-state index contributed by atoms with van der Waals surface area (Å²) < 4.78 is 5.46. The number of fused-ring (bicyclic) bond motifs is 2. The third kappa shape index (κ3) is 4.86. The number of carbonyl (C=O) groups is 2. The molecule has 43 heavy (non-hydrogen) atoms. The number of hydrogen-bond donors (Lipinski definition) is 1. The Bertz CT molecular complexity index is 1780. The SMILES string of the molecule is N#Cc1cc(-c2cccc(Cl)c2C2CCC3C(=O)N(c4cncc5ccccc45)C(=O)NC3C2)cnc1N1CCOCC1. The topological polar surface area (TPSA) is 111 Å². The van der Waals surface area contributed by atoms with Crippen molar-refractivity contribution < 1.29 is 14.3 Å². The number of amides is 3. The molecule has 1 saturated carbocycles. The lowest BCUT2D eigenvalue weighted by atomic mass is 9.72. The molecule has 0 bridgehead atoms. The minimum atomic E-state index is -0.439. The van der Waals surface area contributed by atoms with E-state index in [2.05, 4.69) is 21.3 Å². The maximum Gasteiger partial charge on any atom is 0.329 e. The Morgan fingerprint density at radius 3 is 2.70 bits per heavy atom.